The Morgan fingerprint density at radius 1 is 1.17 bits per heavy atom. The van der Waals surface area contributed by atoms with Crippen LogP contribution in [0, 0.1) is 19.8 Å². The van der Waals surface area contributed by atoms with Crippen LogP contribution in [0.1, 0.15) is 78.7 Å². The Morgan fingerprint density at radius 2 is 1.83 bits per heavy atom. The van der Waals surface area contributed by atoms with Gasteiger partial charge in [-0.3, -0.25) is 9.59 Å². The molecule has 0 radical (unpaired) electrons. The van der Waals surface area contributed by atoms with E-state index in [1.165, 1.54) is 0 Å². The molecule has 1 aliphatic carbocycles. The van der Waals surface area contributed by atoms with E-state index in [4.69, 9.17) is 9.47 Å². The summed E-state index contributed by atoms with van der Waals surface area (Å²) in [6, 6.07) is 4.37. The Morgan fingerprint density at radius 3 is 2.47 bits per heavy atom. The third-order valence-corrected chi connectivity index (χ3v) is 8.36. The first-order chi connectivity index (χ1) is 17.0. The Bertz CT molecular complexity index is 1200. The van der Waals surface area contributed by atoms with Crippen LogP contribution in [0.4, 0.5) is 0 Å². The smallest absolute Gasteiger partial charge is 0.253 e. The lowest BCUT2D eigenvalue weighted by atomic mass is 9.81. The number of pyridine rings is 1. The van der Waals surface area contributed by atoms with Gasteiger partial charge in [0.15, 0.2) is 11.5 Å². The van der Waals surface area contributed by atoms with Crippen LogP contribution in [0.2, 0.25) is 0 Å². The third-order valence-electron chi connectivity index (χ3n) is 7.77. The maximum Gasteiger partial charge on any atom is 0.253 e. The minimum atomic E-state index is -0.758. The van der Waals surface area contributed by atoms with E-state index in [1.54, 1.807) is 6.07 Å². The molecular formula is C28H38BrN3O4. The molecule has 1 aliphatic heterocycles. The maximum absolute atomic E-state index is 13.3. The van der Waals surface area contributed by atoms with Gasteiger partial charge in [-0.05, 0) is 93.7 Å². The Kier molecular flexibility index (Phi) is 7.86. The normalized spacial score (nSPS) is 23.2. The second-order valence-corrected chi connectivity index (χ2v) is 11.5. The maximum atomic E-state index is 13.3. The van der Waals surface area contributed by atoms with Crippen molar-refractivity contribution in [2.45, 2.75) is 84.6 Å². The molecule has 1 amide bonds. The second kappa shape index (κ2) is 10.6. The molecule has 0 saturated heterocycles. The van der Waals surface area contributed by atoms with E-state index in [0.29, 0.717) is 33.1 Å². The number of nitrogens with zero attached hydrogens (tertiary/aromatic N) is 1. The van der Waals surface area contributed by atoms with Crippen molar-refractivity contribution < 1.29 is 14.3 Å². The lowest BCUT2D eigenvalue weighted by Crippen LogP contribution is -2.46. The van der Waals surface area contributed by atoms with Gasteiger partial charge in [-0.15, -0.1) is 0 Å². The summed E-state index contributed by atoms with van der Waals surface area (Å²) in [6.07, 6.45) is 6.00. The zero-order valence-electron chi connectivity index (χ0n) is 22.2. The molecule has 36 heavy (non-hydrogen) atoms. The molecule has 2 N–H and O–H groups in total. The van der Waals surface area contributed by atoms with E-state index in [1.807, 2.05) is 26.8 Å². The van der Waals surface area contributed by atoms with Gasteiger partial charge in [0.25, 0.3) is 17.3 Å². The van der Waals surface area contributed by atoms with Crippen molar-refractivity contribution in [3.63, 3.8) is 0 Å². The summed E-state index contributed by atoms with van der Waals surface area (Å²) in [4.78, 5) is 31.0. The van der Waals surface area contributed by atoms with E-state index in [0.717, 1.165) is 55.3 Å². The predicted molar refractivity (Wildman–Crippen MR) is 145 cm³/mol. The van der Waals surface area contributed by atoms with Crippen molar-refractivity contribution in [1.82, 2.24) is 15.2 Å². The molecular weight excluding hydrogens is 522 g/mol. The minimum absolute atomic E-state index is 0.151. The number of hydrogen-bond acceptors (Lipinski definition) is 5. The van der Waals surface area contributed by atoms with Gasteiger partial charge in [0, 0.05) is 47.8 Å². The van der Waals surface area contributed by atoms with Gasteiger partial charge >= 0.3 is 0 Å². The first kappa shape index (κ1) is 26.7. The lowest BCUT2D eigenvalue weighted by molar-refractivity contribution is -0.123. The van der Waals surface area contributed by atoms with Gasteiger partial charge < -0.3 is 24.7 Å². The summed E-state index contributed by atoms with van der Waals surface area (Å²) in [5, 5.41) is 2.95. The number of carbonyl (C=O) groups is 1. The minimum Gasteiger partial charge on any atom is -0.448 e. The Labute approximate surface area is 222 Å². The molecule has 7 nitrogen and oxygen atoms in total. The van der Waals surface area contributed by atoms with Gasteiger partial charge in [0.05, 0.1) is 4.47 Å². The summed E-state index contributed by atoms with van der Waals surface area (Å²) in [5.41, 5.74) is 3.50. The van der Waals surface area contributed by atoms with E-state index >= 15 is 0 Å². The van der Waals surface area contributed by atoms with Gasteiger partial charge in [-0.25, -0.2) is 0 Å². The summed E-state index contributed by atoms with van der Waals surface area (Å²) >= 11 is 3.61. The van der Waals surface area contributed by atoms with Crippen LogP contribution in [0.5, 0.6) is 11.5 Å². The second-order valence-electron chi connectivity index (χ2n) is 10.6. The number of hydrogen-bond donors (Lipinski definition) is 2. The highest BCUT2D eigenvalue weighted by Gasteiger charge is 2.47. The highest BCUT2D eigenvalue weighted by molar-refractivity contribution is 9.10. The molecule has 8 heteroatoms. The number of ether oxygens (including phenoxy) is 2. The quantitative estimate of drug-likeness (QED) is 0.484. The molecule has 1 saturated carbocycles. The number of nitrogens with one attached hydrogen (secondary N) is 2. The van der Waals surface area contributed by atoms with Gasteiger partial charge in [-0.2, -0.15) is 0 Å². The fourth-order valence-electron chi connectivity index (χ4n) is 5.60. The number of halogens is 1. The van der Waals surface area contributed by atoms with Crippen LogP contribution in [0.15, 0.2) is 21.4 Å². The van der Waals surface area contributed by atoms with Crippen LogP contribution in [-0.2, 0) is 13.0 Å². The fraction of sp³-hybridized carbons (Fsp3) is 0.571. The topological polar surface area (TPSA) is 83.7 Å². The van der Waals surface area contributed by atoms with Gasteiger partial charge in [0.2, 0.25) is 0 Å². The molecule has 2 aliphatic rings. The molecule has 1 fully saturated rings. The van der Waals surface area contributed by atoms with Crippen LogP contribution in [-0.4, -0.2) is 41.7 Å². The molecule has 4 rings (SSSR count). The third kappa shape index (κ3) is 5.21. The molecule has 1 atom stereocenters. The summed E-state index contributed by atoms with van der Waals surface area (Å²) in [6.45, 7) is 8.02. The zero-order valence-corrected chi connectivity index (χ0v) is 23.8. The first-order valence-electron chi connectivity index (χ1n) is 12.9. The van der Waals surface area contributed by atoms with Crippen molar-refractivity contribution in [3.8, 4) is 11.5 Å². The number of fused-ring (bicyclic) bond motifs is 1. The Balaban J connectivity index is 1.52. The largest absolute Gasteiger partial charge is 0.448 e. The van der Waals surface area contributed by atoms with Crippen molar-refractivity contribution in [2.24, 2.45) is 5.92 Å². The monoisotopic (exact) mass is 559 g/mol. The van der Waals surface area contributed by atoms with Gasteiger partial charge in [-0.1, -0.05) is 13.3 Å². The highest BCUT2D eigenvalue weighted by Crippen LogP contribution is 2.51. The number of aromatic nitrogens is 1. The average Bonchev–Trinajstić information content (AvgIpc) is 3.20. The van der Waals surface area contributed by atoms with Crippen molar-refractivity contribution >= 4 is 21.8 Å². The van der Waals surface area contributed by atoms with E-state index in [2.05, 4.69) is 52.1 Å². The van der Waals surface area contributed by atoms with Crippen molar-refractivity contribution in [1.29, 1.82) is 0 Å². The number of rotatable bonds is 7. The molecule has 1 aromatic carbocycles. The SMILES string of the molecule is CCCc1cc(C)[nH]c(=O)c1CNC(=O)c1cc(Br)c2c(c1C)OC(C)([C@H]1CC[C@H](N(C)C)CC1)O2. The van der Waals surface area contributed by atoms with Crippen LogP contribution < -0.4 is 20.3 Å². The molecule has 1 aromatic heterocycles. The number of carbonyl (C=O) groups excluding carboxylic acids is 1. The molecule has 196 valence electrons. The highest BCUT2D eigenvalue weighted by atomic mass is 79.9. The van der Waals surface area contributed by atoms with Crippen LogP contribution in [0.3, 0.4) is 0 Å². The molecule has 0 spiro atoms. The van der Waals surface area contributed by atoms with Crippen molar-refractivity contribution in [2.75, 3.05) is 14.1 Å². The number of aryl methyl sites for hydroxylation is 2. The van der Waals surface area contributed by atoms with Crippen LogP contribution in [0.25, 0.3) is 0 Å². The zero-order chi connectivity index (χ0) is 26.2. The van der Waals surface area contributed by atoms with Crippen molar-refractivity contribution in [3.05, 3.63) is 54.9 Å². The number of H-pyrrole nitrogens is 1. The van der Waals surface area contributed by atoms with E-state index in [9.17, 15) is 9.59 Å². The average molecular weight is 561 g/mol. The summed E-state index contributed by atoms with van der Waals surface area (Å²) < 4.78 is 13.6. The van der Waals surface area contributed by atoms with E-state index in [-0.39, 0.29) is 23.9 Å². The first-order valence-corrected chi connectivity index (χ1v) is 13.7. The molecule has 2 aromatic rings. The van der Waals surface area contributed by atoms with Crippen LogP contribution >= 0.6 is 15.9 Å². The summed E-state index contributed by atoms with van der Waals surface area (Å²) in [5.74, 6) is 0.539. The molecule has 0 bridgehead atoms. The fourth-order valence-corrected chi connectivity index (χ4v) is 6.09. The number of amides is 1. The number of aromatic amines is 1. The number of benzene rings is 1. The van der Waals surface area contributed by atoms with E-state index < -0.39 is 5.79 Å². The van der Waals surface area contributed by atoms with Gasteiger partial charge in [0.1, 0.15) is 0 Å². The summed E-state index contributed by atoms with van der Waals surface area (Å²) in [7, 11) is 4.27. The standard InChI is InChI=1S/C28H38BrN3O4/c1-7-8-18-13-16(2)31-27(34)22(18)15-30-26(33)21-14-23(29)25-24(17(21)3)35-28(4,36-25)19-9-11-20(12-10-19)32(5)6/h13-14,19-20H,7-12,15H2,1-6H3,(H,30,33)(H,31,34)/t19-,20-,28?. The molecule has 2 heterocycles. The molecule has 1 unspecified atom stereocenters. The predicted octanol–water partition coefficient (Wildman–Crippen LogP) is 5.24. The Hall–Kier alpha value is -2.32. The lowest BCUT2D eigenvalue weighted by Gasteiger charge is -2.39.